The summed E-state index contributed by atoms with van der Waals surface area (Å²) in [4.78, 5) is 50.8. The number of carbonyl (C=O) groups excluding carboxylic acids is 4. The maximum atomic E-state index is 12.8. The van der Waals surface area contributed by atoms with Crippen molar-refractivity contribution in [2.24, 2.45) is 5.92 Å². The first-order valence-corrected chi connectivity index (χ1v) is 10.6. The molecule has 2 aromatic carbocycles. The smallest absolute Gasteiger partial charge is 0.337 e. The molecule has 33 heavy (non-hydrogen) atoms. The highest BCUT2D eigenvalue weighted by molar-refractivity contribution is 6.00. The highest BCUT2D eigenvalue weighted by Gasteiger charge is 2.27. The number of carbonyl (C=O) groups is 4. The van der Waals surface area contributed by atoms with E-state index < -0.39 is 11.9 Å². The molecular weight excluding hydrogens is 424 g/mol. The van der Waals surface area contributed by atoms with Crippen molar-refractivity contribution >= 4 is 35.5 Å². The second-order valence-electron chi connectivity index (χ2n) is 7.62. The van der Waals surface area contributed by atoms with Gasteiger partial charge in [0, 0.05) is 30.8 Å². The Morgan fingerprint density at radius 1 is 0.909 bits per heavy atom. The lowest BCUT2D eigenvalue weighted by Gasteiger charge is -2.30. The van der Waals surface area contributed by atoms with E-state index in [1.807, 2.05) is 30.3 Å². The lowest BCUT2D eigenvalue weighted by molar-refractivity contribution is -0.130. The van der Waals surface area contributed by atoms with Gasteiger partial charge in [0.2, 0.25) is 11.8 Å². The van der Waals surface area contributed by atoms with Crippen molar-refractivity contribution in [3.05, 3.63) is 71.3 Å². The molecular formula is C25H26N2O6. The van der Waals surface area contributed by atoms with Gasteiger partial charge < -0.3 is 19.7 Å². The van der Waals surface area contributed by atoms with E-state index in [-0.39, 0.29) is 28.9 Å². The van der Waals surface area contributed by atoms with E-state index in [4.69, 9.17) is 9.47 Å². The molecule has 2 aromatic rings. The number of amides is 2. The van der Waals surface area contributed by atoms with Crippen molar-refractivity contribution in [2.75, 3.05) is 32.6 Å². The fourth-order valence-electron chi connectivity index (χ4n) is 3.61. The zero-order valence-corrected chi connectivity index (χ0v) is 18.6. The summed E-state index contributed by atoms with van der Waals surface area (Å²) >= 11 is 0. The number of benzene rings is 2. The number of esters is 2. The molecule has 1 heterocycles. The Bertz CT molecular complexity index is 1020. The molecule has 1 N–H and O–H groups in total. The molecule has 3 rings (SSSR count). The Hall–Kier alpha value is -3.94. The number of rotatable bonds is 6. The number of piperidine rings is 1. The SMILES string of the molecule is COC(=O)c1cc(NC(=O)C2CCN(C(=O)/C=C/c3ccccc3)CC2)cc(C(=O)OC)c1. The zero-order chi connectivity index (χ0) is 23.8. The molecule has 1 saturated heterocycles. The number of nitrogens with zero attached hydrogens (tertiary/aromatic N) is 1. The van der Waals surface area contributed by atoms with Crippen LogP contribution >= 0.6 is 0 Å². The minimum absolute atomic E-state index is 0.0915. The van der Waals surface area contributed by atoms with Crippen LogP contribution in [0.5, 0.6) is 0 Å². The van der Waals surface area contributed by atoms with Crippen LogP contribution in [-0.2, 0) is 19.1 Å². The molecule has 1 aliphatic rings. The van der Waals surface area contributed by atoms with E-state index in [0.717, 1.165) is 5.56 Å². The maximum absolute atomic E-state index is 12.8. The molecule has 0 spiro atoms. The number of likely N-dealkylation sites (tertiary alicyclic amines) is 1. The average Bonchev–Trinajstić information content (AvgIpc) is 2.86. The van der Waals surface area contributed by atoms with E-state index >= 15 is 0 Å². The summed E-state index contributed by atoms with van der Waals surface area (Å²) in [6.07, 6.45) is 4.34. The van der Waals surface area contributed by atoms with Gasteiger partial charge in [-0.3, -0.25) is 9.59 Å². The van der Waals surface area contributed by atoms with Crippen molar-refractivity contribution in [3.8, 4) is 0 Å². The molecule has 0 aliphatic carbocycles. The number of nitrogens with one attached hydrogen (secondary N) is 1. The maximum Gasteiger partial charge on any atom is 0.337 e. The fourth-order valence-corrected chi connectivity index (χ4v) is 3.61. The van der Waals surface area contributed by atoms with E-state index in [9.17, 15) is 19.2 Å². The molecule has 8 nitrogen and oxygen atoms in total. The Labute approximate surface area is 192 Å². The monoisotopic (exact) mass is 450 g/mol. The van der Waals surface area contributed by atoms with Crippen LogP contribution in [0.25, 0.3) is 6.08 Å². The first-order valence-electron chi connectivity index (χ1n) is 10.6. The predicted molar refractivity (Wildman–Crippen MR) is 123 cm³/mol. The fraction of sp³-hybridized carbons (Fsp3) is 0.280. The molecule has 0 radical (unpaired) electrons. The second kappa shape index (κ2) is 11.1. The van der Waals surface area contributed by atoms with Gasteiger partial charge in [0.1, 0.15) is 0 Å². The van der Waals surface area contributed by atoms with E-state index in [2.05, 4.69) is 5.32 Å². The number of methoxy groups -OCH3 is 2. The minimum atomic E-state index is -0.633. The predicted octanol–water partition coefficient (Wildman–Crippen LogP) is 3.15. The highest BCUT2D eigenvalue weighted by atomic mass is 16.5. The number of hydrogen-bond donors (Lipinski definition) is 1. The summed E-state index contributed by atoms with van der Waals surface area (Å²) in [7, 11) is 2.46. The Morgan fingerprint density at radius 3 is 2.03 bits per heavy atom. The van der Waals surface area contributed by atoms with Gasteiger partial charge in [-0.15, -0.1) is 0 Å². The van der Waals surface area contributed by atoms with E-state index in [1.165, 1.54) is 32.4 Å². The van der Waals surface area contributed by atoms with Crippen LogP contribution in [0.3, 0.4) is 0 Å². The highest BCUT2D eigenvalue weighted by Crippen LogP contribution is 2.22. The van der Waals surface area contributed by atoms with Gasteiger partial charge in [-0.1, -0.05) is 30.3 Å². The summed E-state index contributed by atoms with van der Waals surface area (Å²) in [5.41, 5.74) is 1.50. The lowest BCUT2D eigenvalue weighted by atomic mass is 9.95. The van der Waals surface area contributed by atoms with Gasteiger partial charge in [0.15, 0.2) is 0 Å². The van der Waals surface area contributed by atoms with Gasteiger partial charge >= 0.3 is 11.9 Å². The van der Waals surface area contributed by atoms with Crippen molar-refractivity contribution in [1.82, 2.24) is 4.90 Å². The molecule has 1 fully saturated rings. The van der Waals surface area contributed by atoms with Gasteiger partial charge in [-0.25, -0.2) is 9.59 Å². The van der Waals surface area contributed by atoms with Crippen LogP contribution in [0.2, 0.25) is 0 Å². The quantitative estimate of drug-likeness (QED) is 0.536. The van der Waals surface area contributed by atoms with Crippen molar-refractivity contribution in [3.63, 3.8) is 0 Å². The van der Waals surface area contributed by atoms with E-state index in [0.29, 0.717) is 31.6 Å². The van der Waals surface area contributed by atoms with Gasteiger partial charge in [0.05, 0.1) is 25.3 Å². The largest absolute Gasteiger partial charge is 0.465 e. The summed E-state index contributed by atoms with van der Waals surface area (Å²) < 4.78 is 9.43. The first kappa shape index (κ1) is 23.7. The van der Waals surface area contributed by atoms with Crippen molar-refractivity contribution < 1.29 is 28.7 Å². The standard InChI is InChI=1S/C25H26N2O6/c1-32-24(30)19-14-20(25(31)33-2)16-21(15-19)26-23(29)18-10-12-27(13-11-18)22(28)9-8-17-6-4-3-5-7-17/h3-9,14-16,18H,10-13H2,1-2H3,(H,26,29)/b9-8+. The van der Waals surface area contributed by atoms with Crippen LogP contribution < -0.4 is 5.32 Å². The molecule has 172 valence electrons. The van der Waals surface area contributed by atoms with Crippen LogP contribution in [0, 0.1) is 5.92 Å². The molecule has 0 saturated carbocycles. The Kier molecular flexibility index (Phi) is 7.96. The summed E-state index contributed by atoms with van der Waals surface area (Å²) in [5, 5.41) is 2.77. The van der Waals surface area contributed by atoms with E-state index in [1.54, 1.807) is 17.1 Å². The molecule has 0 unspecified atom stereocenters. The normalized spacial score (nSPS) is 14.1. The molecule has 0 aromatic heterocycles. The average molecular weight is 450 g/mol. The number of ether oxygens (including phenoxy) is 2. The van der Waals surface area contributed by atoms with Crippen LogP contribution in [0.1, 0.15) is 39.1 Å². The molecule has 0 atom stereocenters. The molecule has 2 amide bonds. The van der Waals surface area contributed by atoms with Crippen molar-refractivity contribution in [2.45, 2.75) is 12.8 Å². The Balaban J connectivity index is 1.61. The topological polar surface area (TPSA) is 102 Å². The summed E-state index contributed by atoms with van der Waals surface area (Å²) in [6.45, 7) is 0.928. The van der Waals surface area contributed by atoms with Crippen molar-refractivity contribution in [1.29, 1.82) is 0 Å². The molecule has 1 aliphatic heterocycles. The second-order valence-corrected chi connectivity index (χ2v) is 7.62. The number of hydrogen-bond acceptors (Lipinski definition) is 6. The number of anilines is 1. The van der Waals surface area contributed by atoms with Gasteiger partial charge in [-0.05, 0) is 42.7 Å². The third kappa shape index (κ3) is 6.29. The third-order valence-corrected chi connectivity index (χ3v) is 5.44. The third-order valence-electron chi connectivity index (χ3n) is 5.44. The zero-order valence-electron chi connectivity index (χ0n) is 18.6. The van der Waals surface area contributed by atoms with Crippen LogP contribution in [0.4, 0.5) is 5.69 Å². The molecule has 0 bridgehead atoms. The van der Waals surface area contributed by atoms with Crippen LogP contribution in [0.15, 0.2) is 54.6 Å². The van der Waals surface area contributed by atoms with Gasteiger partial charge in [-0.2, -0.15) is 0 Å². The summed E-state index contributed by atoms with van der Waals surface area (Å²) in [5.74, 6) is -1.89. The first-order chi connectivity index (χ1) is 15.9. The molecule has 8 heteroatoms. The summed E-state index contributed by atoms with van der Waals surface area (Å²) in [6, 6.07) is 13.8. The van der Waals surface area contributed by atoms with Crippen LogP contribution in [-0.4, -0.2) is 56.0 Å². The Morgan fingerprint density at radius 2 is 1.48 bits per heavy atom. The minimum Gasteiger partial charge on any atom is -0.465 e. The lowest BCUT2D eigenvalue weighted by Crippen LogP contribution is -2.40. The van der Waals surface area contributed by atoms with Gasteiger partial charge in [0.25, 0.3) is 0 Å².